The first-order valence-corrected chi connectivity index (χ1v) is 8.84. The molecule has 0 saturated carbocycles. The van der Waals surface area contributed by atoms with Gasteiger partial charge >= 0.3 is 0 Å². The second kappa shape index (κ2) is 7.23. The molecule has 0 atom stereocenters. The molecule has 0 spiro atoms. The van der Waals surface area contributed by atoms with Crippen LogP contribution in [0.3, 0.4) is 0 Å². The van der Waals surface area contributed by atoms with Gasteiger partial charge in [0.1, 0.15) is 4.88 Å². The maximum absolute atomic E-state index is 12.6. The van der Waals surface area contributed by atoms with E-state index in [9.17, 15) is 9.59 Å². The van der Waals surface area contributed by atoms with E-state index in [1.165, 1.54) is 22.1 Å². The highest BCUT2D eigenvalue weighted by Gasteiger charge is 2.24. The van der Waals surface area contributed by atoms with E-state index < -0.39 is 0 Å². The van der Waals surface area contributed by atoms with Crippen LogP contribution in [0.25, 0.3) is 0 Å². The maximum Gasteiger partial charge on any atom is 0.266 e. The van der Waals surface area contributed by atoms with Crippen LogP contribution in [0.15, 0.2) is 23.1 Å². The third-order valence-corrected chi connectivity index (χ3v) is 5.23. The topological polar surface area (TPSA) is 71.3 Å². The largest absolute Gasteiger partial charge is 0.335 e. The van der Waals surface area contributed by atoms with Gasteiger partial charge in [0.15, 0.2) is 0 Å². The fraction of sp³-hybridized carbons (Fsp3) is 0.500. The first kappa shape index (κ1) is 16.8. The Balaban J connectivity index is 1.52. The fourth-order valence-corrected chi connectivity index (χ4v) is 3.73. The second-order valence-electron chi connectivity index (χ2n) is 5.87. The number of hydrogen-bond donors (Lipinski definition) is 0. The van der Waals surface area contributed by atoms with Crippen molar-refractivity contribution in [3.05, 3.63) is 44.3 Å². The molecule has 0 radical (unpaired) electrons. The summed E-state index contributed by atoms with van der Waals surface area (Å²) in [7, 11) is 0. The van der Waals surface area contributed by atoms with Crippen molar-refractivity contribution in [3.63, 3.8) is 0 Å². The Morgan fingerprint density at radius 3 is 2.58 bits per heavy atom. The van der Waals surface area contributed by atoms with Crippen LogP contribution >= 0.6 is 11.3 Å². The summed E-state index contributed by atoms with van der Waals surface area (Å²) in [6.45, 7) is 8.16. The maximum atomic E-state index is 12.6. The lowest BCUT2D eigenvalue weighted by molar-refractivity contribution is 0.0635. The van der Waals surface area contributed by atoms with E-state index in [0.29, 0.717) is 19.6 Å². The Labute approximate surface area is 144 Å². The van der Waals surface area contributed by atoms with Crippen molar-refractivity contribution < 1.29 is 4.79 Å². The minimum absolute atomic E-state index is 0.0812. The Bertz CT molecular complexity index is 777. The molecule has 0 bridgehead atoms. The average Bonchev–Trinajstić information content (AvgIpc) is 2.92. The average molecular weight is 347 g/mol. The summed E-state index contributed by atoms with van der Waals surface area (Å²) in [5.41, 5.74) is 0.738. The van der Waals surface area contributed by atoms with E-state index in [2.05, 4.69) is 15.0 Å². The molecular formula is C16H21N5O2S. The van der Waals surface area contributed by atoms with Crippen molar-refractivity contribution >= 4 is 17.2 Å². The molecule has 24 heavy (non-hydrogen) atoms. The van der Waals surface area contributed by atoms with E-state index >= 15 is 0 Å². The zero-order valence-electron chi connectivity index (χ0n) is 13.9. The minimum atomic E-state index is -0.0812. The van der Waals surface area contributed by atoms with Crippen LogP contribution in [0.4, 0.5) is 0 Å². The molecule has 2 aromatic heterocycles. The highest BCUT2D eigenvalue weighted by Crippen LogP contribution is 2.20. The zero-order valence-corrected chi connectivity index (χ0v) is 14.8. The van der Waals surface area contributed by atoms with Crippen LogP contribution < -0.4 is 5.56 Å². The molecule has 1 aliphatic heterocycles. The van der Waals surface area contributed by atoms with Crippen molar-refractivity contribution in [3.8, 4) is 0 Å². The summed E-state index contributed by atoms with van der Waals surface area (Å²) >= 11 is 1.46. The summed E-state index contributed by atoms with van der Waals surface area (Å²) in [6.07, 6.45) is 1.62. The van der Waals surface area contributed by atoms with Gasteiger partial charge in [-0.3, -0.25) is 14.5 Å². The van der Waals surface area contributed by atoms with Crippen LogP contribution in [-0.2, 0) is 6.54 Å². The molecule has 0 unspecified atom stereocenters. The third-order valence-electron chi connectivity index (χ3n) is 4.17. The number of carbonyl (C=O) groups excluding carboxylic acids is 1. The number of carbonyl (C=O) groups is 1. The fourth-order valence-electron chi connectivity index (χ4n) is 2.84. The molecule has 3 rings (SSSR count). The van der Waals surface area contributed by atoms with Crippen molar-refractivity contribution in [2.45, 2.75) is 20.4 Å². The normalized spacial score (nSPS) is 15.7. The predicted octanol–water partition coefficient (Wildman–Crippen LogP) is 0.775. The molecule has 7 nitrogen and oxygen atoms in total. The number of amides is 1. The molecule has 1 fully saturated rings. The van der Waals surface area contributed by atoms with E-state index in [-0.39, 0.29) is 11.5 Å². The molecule has 0 aliphatic carbocycles. The van der Waals surface area contributed by atoms with Gasteiger partial charge in [-0.2, -0.15) is 5.10 Å². The van der Waals surface area contributed by atoms with Crippen LogP contribution in [-0.4, -0.2) is 63.2 Å². The van der Waals surface area contributed by atoms with Gasteiger partial charge in [0, 0.05) is 45.0 Å². The van der Waals surface area contributed by atoms with E-state index in [1.54, 1.807) is 12.3 Å². The van der Waals surface area contributed by atoms with Crippen LogP contribution in [0.5, 0.6) is 0 Å². The van der Waals surface area contributed by atoms with Gasteiger partial charge in [0.05, 0.1) is 17.2 Å². The van der Waals surface area contributed by atoms with E-state index in [4.69, 9.17) is 0 Å². The first-order chi connectivity index (χ1) is 11.5. The highest BCUT2D eigenvalue weighted by molar-refractivity contribution is 7.13. The summed E-state index contributed by atoms with van der Waals surface area (Å²) in [5.74, 6) is 0.0821. The van der Waals surface area contributed by atoms with Crippen molar-refractivity contribution in [2.75, 3.05) is 32.7 Å². The molecule has 3 heterocycles. The molecule has 8 heteroatoms. The molecule has 1 amide bonds. The number of hydrogen-bond acceptors (Lipinski definition) is 6. The first-order valence-electron chi connectivity index (χ1n) is 8.02. The summed E-state index contributed by atoms with van der Waals surface area (Å²) in [4.78, 5) is 33.5. The number of aromatic nitrogens is 3. The predicted molar refractivity (Wildman–Crippen MR) is 92.4 cm³/mol. The lowest BCUT2D eigenvalue weighted by atomic mass is 10.2. The summed E-state index contributed by atoms with van der Waals surface area (Å²) in [5, 5.41) is 4.99. The van der Waals surface area contributed by atoms with E-state index in [1.807, 2.05) is 18.7 Å². The van der Waals surface area contributed by atoms with Gasteiger partial charge in [-0.25, -0.2) is 9.67 Å². The molecule has 0 aromatic carbocycles. The molecular weight excluding hydrogens is 326 g/mol. The third kappa shape index (κ3) is 3.70. The molecule has 1 saturated heterocycles. The van der Waals surface area contributed by atoms with E-state index in [0.717, 1.165) is 35.2 Å². The molecule has 0 N–H and O–H groups in total. The minimum Gasteiger partial charge on any atom is -0.335 e. The quantitative estimate of drug-likeness (QED) is 0.817. The zero-order chi connectivity index (χ0) is 17.1. The molecule has 2 aromatic rings. The lowest BCUT2D eigenvalue weighted by Gasteiger charge is -2.34. The van der Waals surface area contributed by atoms with Gasteiger partial charge < -0.3 is 4.90 Å². The Morgan fingerprint density at radius 2 is 1.96 bits per heavy atom. The molecule has 1 aliphatic rings. The summed E-state index contributed by atoms with van der Waals surface area (Å²) in [6, 6.07) is 3.16. The second-order valence-corrected chi connectivity index (χ2v) is 7.07. The van der Waals surface area contributed by atoms with Crippen molar-refractivity contribution in [1.82, 2.24) is 24.6 Å². The Hall–Kier alpha value is -2.06. The van der Waals surface area contributed by atoms with Crippen LogP contribution in [0.2, 0.25) is 0 Å². The van der Waals surface area contributed by atoms with Gasteiger partial charge in [-0.15, -0.1) is 11.3 Å². The van der Waals surface area contributed by atoms with Crippen molar-refractivity contribution in [2.24, 2.45) is 0 Å². The SMILES string of the molecule is Cc1nc(C)c(C(=O)N2CCN(CCn3ncccc3=O)CC2)s1. The van der Waals surface area contributed by atoms with Gasteiger partial charge in [-0.1, -0.05) is 0 Å². The molecule has 128 valence electrons. The number of thiazole rings is 1. The van der Waals surface area contributed by atoms with Gasteiger partial charge in [0.25, 0.3) is 11.5 Å². The number of piperazine rings is 1. The standard InChI is InChI=1S/C16H21N5O2S/c1-12-15(24-13(2)18-12)16(23)20-9-6-19(7-10-20)8-11-21-14(22)4-3-5-17-21/h3-5H,6-11H2,1-2H3. The Kier molecular flexibility index (Phi) is 5.06. The van der Waals surface area contributed by atoms with Gasteiger partial charge in [0.2, 0.25) is 0 Å². The van der Waals surface area contributed by atoms with Gasteiger partial charge in [-0.05, 0) is 19.9 Å². The Morgan fingerprint density at radius 1 is 1.21 bits per heavy atom. The number of rotatable bonds is 4. The van der Waals surface area contributed by atoms with Crippen LogP contribution in [0, 0.1) is 13.8 Å². The highest BCUT2D eigenvalue weighted by atomic mass is 32.1. The van der Waals surface area contributed by atoms with Crippen molar-refractivity contribution in [1.29, 1.82) is 0 Å². The monoisotopic (exact) mass is 347 g/mol. The smallest absolute Gasteiger partial charge is 0.266 e. The number of aryl methyl sites for hydroxylation is 2. The number of nitrogens with zero attached hydrogens (tertiary/aromatic N) is 5. The summed E-state index contributed by atoms with van der Waals surface area (Å²) < 4.78 is 1.47. The lowest BCUT2D eigenvalue weighted by Crippen LogP contribution is -2.49. The van der Waals surface area contributed by atoms with Crippen LogP contribution in [0.1, 0.15) is 20.4 Å².